The van der Waals surface area contributed by atoms with Gasteiger partial charge in [-0.05, 0) is 0 Å². The van der Waals surface area contributed by atoms with Crippen molar-refractivity contribution in [3.05, 3.63) is 0 Å². The fourth-order valence-corrected chi connectivity index (χ4v) is 3.38. The maximum atomic E-state index is 7.62. The fraction of sp³-hybridized carbons (Fsp3) is 1.00. The van der Waals surface area contributed by atoms with Crippen molar-refractivity contribution in [3.8, 4) is 0 Å². The Morgan fingerprint density at radius 2 is 0.625 bits per heavy atom. The van der Waals surface area contributed by atoms with Gasteiger partial charge in [-0.2, -0.15) is 0 Å². The van der Waals surface area contributed by atoms with E-state index in [-0.39, 0.29) is 13.2 Å². The molecule has 1 aliphatic rings. The Labute approximate surface area is 125 Å². The van der Waals surface area contributed by atoms with E-state index in [4.69, 9.17) is 79.8 Å². The Morgan fingerprint density at radius 3 is 0.688 bits per heavy atom. The summed E-state index contributed by atoms with van der Waals surface area (Å²) >= 11 is 35.3. The lowest BCUT2D eigenvalue weighted by molar-refractivity contribution is 0.186. The number of aliphatic hydroxyl groups excluding tert-OH is 2. The molecule has 0 bridgehead atoms. The van der Waals surface area contributed by atoms with Crippen LogP contribution in [0.3, 0.4) is 0 Å². The van der Waals surface area contributed by atoms with E-state index in [1.54, 1.807) is 0 Å². The van der Waals surface area contributed by atoms with Gasteiger partial charge in [0.25, 0.3) is 0 Å². The molecule has 0 aromatic heterocycles. The monoisotopic (exact) mass is 350 g/mol. The Morgan fingerprint density at radius 1 is 0.500 bits per heavy atom. The van der Waals surface area contributed by atoms with Gasteiger partial charge in [0.05, 0.1) is 45.5 Å². The molecule has 2 nitrogen and oxygen atoms in total. The van der Waals surface area contributed by atoms with Crippen LogP contribution in [0.15, 0.2) is 0 Å². The summed E-state index contributed by atoms with van der Waals surface area (Å²) < 4.78 is 0. The second kappa shape index (κ2) is 8.71. The first-order valence-corrected chi connectivity index (χ1v) is 7.06. The summed E-state index contributed by atoms with van der Waals surface area (Å²) in [5.41, 5.74) is 0. The van der Waals surface area contributed by atoms with E-state index in [1.807, 2.05) is 0 Å². The van der Waals surface area contributed by atoms with Gasteiger partial charge in [0, 0.05) is 0 Å². The van der Waals surface area contributed by atoms with Crippen LogP contribution in [-0.2, 0) is 0 Å². The summed E-state index contributed by atoms with van der Waals surface area (Å²) in [6.07, 6.45) is 0. The summed E-state index contributed by atoms with van der Waals surface area (Å²) in [7, 11) is 0. The van der Waals surface area contributed by atoms with E-state index in [1.165, 1.54) is 0 Å². The second-order valence-corrected chi connectivity index (χ2v) is 6.14. The van der Waals surface area contributed by atoms with Crippen LogP contribution < -0.4 is 0 Å². The van der Waals surface area contributed by atoms with Crippen LogP contribution in [-0.4, -0.2) is 55.7 Å². The average molecular weight is 353 g/mol. The van der Waals surface area contributed by atoms with Crippen LogP contribution in [0.4, 0.5) is 0 Å². The molecule has 2 N–H and O–H groups in total. The van der Waals surface area contributed by atoms with Gasteiger partial charge in [0.2, 0.25) is 0 Å². The van der Waals surface area contributed by atoms with Gasteiger partial charge >= 0.3 is 0 Å². The average Bonchev–Trinajstić information content (AvgIpc) is 2.31. The van der Waals surface area contributed by atoms with Crippen molar-refractivity contribution in [2.75, 3.05) is 13.2 Å². The molecule has 1 fully saturated rings. The van der Waals surface area contributed by atoms with Crippen LogP contribution in [0, 0.1) is 0 Å². The van der Waals surface area contributed by atoms with Crippen molar-refractivity contribution < 1.29 is 10.2 Å². The minimum atomic E-state index is -0.437. The molecular formula is C8H12Cl6O2. The van der Waals surface area contributed by atoms with Crippen molar-refractivity contribution >= 4 is 69.6 Å². The highest BCUT2D eigenvalue weighted by atomic mass is 35.5. The summed E-state index contributed by atoms with van der Waals surface area (Å²) in [4.78, 5) is 0. The van der Waals surface area contributed by atoms with E-state index in [0.29, 0.717) is 0 Å². The lowest BCUT2D eigenvalue weighted by atomic mass is 9.97. The zero-order chi connectivity index (χ0) is 12.9. The molecule has 0 heterocycles. The smallest absolute Gasteiger partial charge is 0.0693 e. The summed E-state index contributed by atoms with van der Waals surface area (Å²) in [5.74, 6) is 0. The molecule has 0 spiro atoms. The second-order valence-electron chi connectivity index (χ2n) is 3.11. The third-order valence-electron chi connectivity index (χ3n) is 1.93. The number of hydrogen-bond donors (Lipinski definition) is 2. The maximum absolute atomic E-state index is 7.62. The zero-order valence-corrected chi connectivity index (χ0v) is 12.6. The minimum Gasteiger partial charge on any atom is -0.394 e. The fourth-order valence-electron chi connectivity index (χ4n) is 1.05. The molecule has 0 unspecified atom stereocenters. The lowest BCUT2D eigenvalue weighted by Crippen LogP contribution is -2.52. The number of hydrogen-bond acceptors (Lipinski definition) is 2. The third kappa shape index (κ3) is 4.74. The highest BCUT2D eigenvalue weighted by Gasteiger charge is 2.46. The normalized spacial score (nSPS) is 43.5. The standard InChI is InChI=1S/C6H6Cl6.C2H6O2/c7-1-2(8)4(10)6(12)5(11)3(1)9;3-1-2-4/h1-6H;3-4H,1-2H2/t1-,2-,3-,4+,5+,6+;. The van der Waals surface area contributed by atoms with Crippen LogP contribution in [0.2, 0.25) is 0 Å². The lowest BCUT2D eigenvalue weighted by Gasteiger charge is -2.37. The molecule has 0 aromatic carbocycles. The van der Waals surface area contributed by atoms with Crippen molar-refractivity contribution in [1.82, 2.24) is 0 Å². The Kier molecular flexibility index (Phi) is 9.61. The molecule has 98 valence electrons. The molecular weight excluding hydrogens is 341 g/mol. The molecule has 1 saturated carbocycles. The summed E-state index contributed by atoms with van der Waals surface area (Å²) in [5, 5.41) is 12.6. The zero-order valence-electron chi connectivity index (χ0n) is 8.04. The topological polar surface area (TPSA) is 40.5 Å². The van der Waals surface area contributed by atoms with E-state index < -0.39 is 32.3 Å². The molecule has 1 rings (SSSR count). The first-order chi connectivity index (χ1) is 7.38. The van der Waals surface area contributed by atoms with Gasteiger partial charge in [0.1, 0.15) is 0 Å². The molecule has 0 atom stereocenters. The molecule has 0 saturated heterocycles. The molecule has 0 aromatic rings. The predicted molar refractivity (Wildman–Crippen MR) is 72.0 cm³/mol. The molecule has 1 aliphatic carbocycles. The Bertz CT molecular complexity index is 135. The highest BCUT2D eigenvalue weighted by molar-refractivity contribution is 6.45. The first kappa shape index (κ1) is 17.7. The maximum Gasteiger partial charge on any atom is 0.0693 e. The Balaban J connectivity index is 0.000000487. The largest absolute Gasteiger partial charge is 0.394 e. The van der Waals surface area contributed by atoms with Crippen LogP contribution in [0.25, 0.3) is 0 Å². The molecule has 16 heavy (non-hydrogen) atoms. The van der Waals surface area contributed by atoms with Crippen LogP contribution in [0.1, 0.15) is 0 Å². The van der Waals surface area contributed by atoms with Crippen LogP contribution in [0.5, 0.6) is 0 Å². The van der Waals surface area contributed by atoms with Gasteiger partial charge in [-0.15, -0.1) is 69.6 Å². The van der Waals surface area contributed by atoms with E-state index in [2.05, 4.69) is 0 Å². The molecule has 8 heteroatoms. The number of rotatable bonds is 1. The SMILES string of the molecule is Cl[C@H]1[C@H](Cl)[C@@H](Cl)[C@@H](Cl)[C@H](Cl)[C@H]1Cl.OCCO. The quantitative estimate of drug-likeness (QED) is 0.712. The van der Waals surface area contributed by atoms with E-state index in [9.17, 15) is 0 Å². The van der Waals surface area contributed by atoms with Gasteiger partial charge in [-0.1, -0.05) is 0 Å². The molecule has 0 aliphatic heterocycles. The number of halogens is 6. The van der Waals surface area contributed by atoms with Crippen molar-refractivity contribution in [2.24, 2.45) is 0 Å². The Hall–Kier alpha value is 1.66. The summed E-state index contributed by atoms with van der Waals surface area (Å²) in [6.45, 7) is -0.250. The first-order valence-electron chi connectivity index (χ1n) is 4.44. The minimum absolute atomic E-state index is 0.125. The van der Waals surface area contributed by atoms with Gasteiger partial charge in [-0.25, -0.2) is 0 Å². The molecule has 0 amide bonds. The number of aliphatic hydroxyl groups is 2. The van der Waals surface area contributed by atoms with Crippen molar-refractivity contribution in [3.63, 3.8) is 0 Å². The van der Waals surface area contributed by atoms with Gasteiger partial charge in [0.15, 0.2) is 0 Å². The van der Waals surface area contributed by atoms with E-state index in [0.717, 1.165) is 0 Å². The van der Waals surface area contributed by atoms with Crippen LogP contribution >= 0.6 is 69.6 Å². The van der Waals surface area contributed by atoms with Crippen molar-refractivity contribution in [1.29, 1.82) is 0 Å². The third-order valence-corrected chi connectivity index (χ3v) is 5.96. The predicted octanol–water partition coefficient (Wildman–Crippen LogP) is 2.62. The van der Waals surface area contributed by atoms with Gasteiger partial charge in [-0.3, -0.25) is 0 Å². The number of alkyl halides is 6. The van der Waals surface area contributed by atoms with Gasteiger partial charge < -0.3 is 10.2 Å². The highest BCUT2D eigenvalue weighted by Crippen LogP contribution is 2.39. The van der Waals surface area contributed by atoms with Crippen molar-refractivity contribution in [2.45, 2.75) is 32.3 Å². The summed E-state index contributed by atoms with van der Waals surface area (Å²) in [6, 6.07) is 0. The van der Waals surface area contributed by atoms with E-state index >= 15 is 0 Å². The molecule has 0 radical (unpaired) electrons.